The normalized spacial score (nSPS) is 21.1. The molecule has 2 aromatic carbocycles. The number of H-pyrrole nitrogens is 1. The van der Waals surface area contributed by atoms with Crippen molar-refractivity contribution in [3.63, 3.8) is 0 Å². The highest BCUT2D eigenvalue weighted by atomic mass is 16.5. The lowest BCUT2D eigenvalue weighted by molar-refractivity contribution is -0.137. The van der Waals surface area contributed by atoms with Gasteiger partial charge in [-0.2, -0.15) is 0 Å². The highest BCUT2D eigenvalue weighted by Gasteiger charge is 2.41. The third-order valence-electron chi connectivity index (χ3n) is 11.4. The molecule has 3 aliphatic heterocycles. The number of methoxy groups -OCH3 is 1. The zero-order valence-electron chi connectivity index (χ0n) is 31.2. The molecule has 3 aliphatic rings. The van der Waals surface area contributed by atoms with Crippen LogP contribution >= 0.6 is 0 Å². The van der Waals surface area contributed by atoms with Crippen molar-refractivity contribution in [3.8, 4) is 11.3 Å². The van der Waals surface area contributed by atoms with E-state index in [0.29, 0.717) is 12.5 Å². The minimum atomic E-state index is -0.604. The zero-order valence-corrected chi connectivity index (χ0v) is 31.2. The molecule has 1 aromatic heterocycles. The Hall–Kier alpha value is -4.34. The van der Waals surface area contributed by atoms with Gasteiger partial charge in [-0.15, -0.1) is 0 Å². The summed E-state index contributed by atoms with van der Waals surface area (Å²) in [7, 11) is 1.32. The number of carbonyl (C=O) groups is 3. The van der Waals surface area contributed by atoms with Crippen molar-refractivity contribution in [1.29, 1.82) is 0 Å². The molecular formula is C41H56N6O4. The Kier molecular flexibility index (Phi) is 11.4. The van der Waals surface area contributed by atoms with Crippen LogP contribution in [0, 0.1) is 17.8 Å². The first-order valence-corrected chi connectivity index (χ1v) is 19.0. The first-order chi connectivity index (χ1) is 24.5. The molecule has 2 unspecified atom stereocenters. The maximum absolute atomic E-state index is 13.6. The van der Waals surface area contributed by atoms with Crippen LogP contribution in [0.1, 0.15) is 95.3 Å². The van der Waals surface area contributed by atoms with E-state index >= 15 is 0 Å². The summed E-state index contributed by atoms with van der Waals surface area (Å²) in [5.74, 6) is 1.37. The second-order valence-corrected chi connectivity index (χ2v) is 15.5. The number of hydrogen-bond donors (Lipinski definition) is 3. The number of imidazole rings is 1. The molecule has 274 valence electrons. The van der Waals surface area contributed by atoms with Crippen LogP contribution in [0.5, 0.6) is 0 Å². The Morgan fingerprint density at radius 1 is 0.902 bits per heavy atom. The second-order valence-electron chi connectivity index (χ2n) is 15.5. The molecule has 0 bridgehead atoms. The molecule has 3 amide bonds. The van der Waals surface area contributed by atoms with Crippen molar-refractivity contribution < 1.29 is 19.1 Å². The number of carbonyl (C=O) groups excluding carboxylic acids is 3. The highest BCUT2D eigenvalue weighted by molar-refractivity contribution is 5.86. The third kappa shape index (κ3) is 8.10. The molecule has 3 aromatic rings. The maximum Gasteiger partial charge on any atom is 0.407 e. The Morgan fingerprint density at radius 2 is 1.61 bits per heavy atom. The number of ether oxygens (including phenoxy) is 1. The van der Waals surface area contributed by atoms with E-state index in [2.05, 4.69) is 71.9 Å². The Morgan fingerprint density at radius 3 is 2.33 bits per heavy atom. The highest BCUT2D eigenvalue weighted by Crippen LogP contribution is 2.35. The minimum absolute atomic E-state index is 0.00812. The van der Waals surface area contributed by atoms with Crippen LogP contribution in [-0.2, 0) is 33.6 Å². The number of nitrogens with one attached hydrogen (secondary N) is 3. The smallest absolute Gasteiger partial charge is 0.407 e. The Bertz CT molecular complexity index is 1680. The van der Waals surface area contributed by atoms with Crippen LogP contribution in [0.4, 0.5) is 10.5 Å². The molecule has 6 rings (SSSR count). The van der Waals surface area contributed by atoms with Gasteiger partial charge in [0.05, 0.1) is 37.1 Å². The summed E-state index contributed by atoms with van der Waals surface area (Å²) >= 11 is 0. The number of aromatic nitrogens is 2. The van der Waals surface area contributed by atoms with Gasteiger partial charge in [-0.1, -0.05) is 71.0 Å². The number of aromatic amines is 1. The SMILES string of the molecule is COC(=O)N[C@H](C(=O)N1CCC[C@H]1C1Cc2ccc(CCCc3ccc(-c4cnc(C5CCCN5C(=O)[C@@H](C)C(C)C)[nH]4)cc3)cc2N1)C(C)C. The van der Waals surface area contributed by atoms with Crippen LogP contribution < -0.4 is 10.6 Å². The van der Waals surface area contributed by atoms with Crippen molar-refractivity contribution in [3.05, 3.63) is 71.2 Å². The number of amides is 3. The molecule has 3 N–H and O–H groups in total. The lowest BCUT2D eigenvalue weighted by Crippen LogP contribution is -2.55. The van der Waals surface area contributed by atoms with Gasteiger partial charge in [0, 0.05) is 24.7 Å². The summed E-state index contributed by atoms with van der Waals surface area (Å²) in [6.07, 6.45) is 9.10. The first-order valence-electron chi connectivity index (χ1n) is 19.0. The number of rotatable bonds is 12. The van der Waals surface area contributed by atoms with Crippen LogP contribution in [0.25, 0.3) is 11.3 Å². The molecule has 4 heterocycles. The van der Waals surface area contributed by atoms with Gasteiger partial charge in [-0.25, -0.2) is 9.78 Å². The number of benzene rings is 2. The Balaban J connectivity index is 1.01. The summed E-state index contributed by atoms with van der Waals surface area (Å²) in [6.45, 7) is 11.7. The van der Waals surface area contributed by atoms with E-state index in [1.807, 2.05) is 36.8 Å². The molecule has 2 saturated heterocycles. The molecule has 10 heteroatoms. The van der Waals surface area contributed by atoms with Crippen molar-refractivity contribution in [1.82, 2.24) is 25.1 Å². The average Bonchev–Trinajstić information content (AvgIpc) is 3.95. The van der Waals surface area contributed by atoms with Crippen molar-refractivity contribution in [2.75, 3.05) is 25.5 Å². The molecule has 0 aliphatic carbocycles. The molecule has 51 heavy (non-hydrogen) atoms. The van der Waals surface area contributed by atoms with Gasteiger partial charge in [0.2, 0.25) is 11.8 Å². The summed E-state index contributed by atoms with van der Waals surface area (Å²) in [6, 6.07) is 15.2. The number of nitrogens with zero attached hydrogens (tertiary/aromatic N) is 3. The van der Waals surface area contributed by atoms with Gasteiger partial charge in [-0.05, 0) is 91.5 Å². The fourth-order valence-electron chi connectivity index (χ4n) is 8.04. The van der Waals surface area contributed by atoms with Crippen molar-refractivity contribution in [2.24, 2.45) is 17.8 Å². The van der Waals surface area contributed by atoms with Gasteiger partial charge >= 0.3 is 6.09 Å². The molecule has 0 radical (unpaired) electrons. The fourth-order valence-corrected chi connectivity index (χ4v) is 8.04. The van der Waals surface area contributed by atoms with E-state index in [9.17, 15) is 14.4 Å². The van der Waals surface area contributed by atoms with E-state index in [1.165, 1.54) is 29.5 Å². The van der Waals surface area contributed by atoms with Crippen molar-refractivity contribution in [2.45, 2.75) is 110 Å². The quantitative estimate of drug-likeness (QED) is 0.189. The molecular weight excluding hydrogens is 640 g/mol. The number of alkyl carbamates (subject to hydrolysis) is 1. The average molecular weight is 697 g/mol. The largest absolute Gasteiger partial charge is 0.453 e. The summed E-state index contributed by atoms with van der Waals surface area (Å²) in [5.41, 5.74) is 7.18. The summed E-state index contributed by atoms with van der Waals surface area (Å²) in [4.78, 5) is 50.9. The third-order valence-corrected chi connectivity index (χ3v) is 11.4. The monoisotopic (exact) mass is 696 g/mol. The summed E-state index contributed by atoms with van der Waals surface area (Å²) < 4.78 is 4.79. The van der Waals surface area contributed by atoms with Gasteiger partial charge in [0.15, 0.2) is 0 Å². The molecule has 0 saturated carbocycles. The lowest BCUT2D eigenvalue weighted by atomic mass is 9.96. The van der Waals surface area contributed by atoms with E-state index < -0.39 is 12.1 Å². The van der Waals surface area contributed by atoms with Gasteiger partial charge in [-0.3, -0.25) is 9.59 Å². The number of fused-ring (bicyclic) bond motifs is 1. The maximum atomic E-state index is 13.6. The summed E-state index contributed by atoms with van der Waals surface area (Å²) in [5, 5.41) is 6.51. The van der Waals surface area contributed by atoms with E-state index in [4.69, 9.17) is 9.72 Å². The molecule has 10 nitrogen and oxygen atoms in total. The minimum Gasteiger partial charge on any atom is -0.453 e. The molecule has 0 spiro atoms. The van der Waals surface area contributed by atoms with Gasteiger partial charge in [0.1, 0.15) is 11.9 Å². The van der Waals surface area contributed by atoms with E-state index in [-0.39, 0.29) is 41.8 Å². The molecule has 2 fully saturated rings. The van der Waals surface area contributed by atoms with Crippen LogP contribution in [0.2, 0.25) is 0 Å². The number of likely N-dealkylation sites (tertiary alicyclic amines) is 2. The number of anilines is 1. The zero-order chi connectivity index (χ0) is 36.2. The predicted molar refractivity (Wildman–Crippen MR) is 200 cm³/mol. The van der Waals surface area contributed by atoms with Gasteiger partial charge in [0.25, 0.3) is 0 Å². The first kappa shape index (κ1) is 36.5. The lowest BCUT2D eigenvalue weighted by Gasteiger charge is -2.33. The van der Waals surface area contributed by atoms with Crippen molar-refractivity contribution >= 4 is 23.6 Å². The fraction of sp³-hybridized carbons (Fsp3) is 0.561. The van der Waals surface area contributed by atoms with E-state index in [1.54, 1.807) is 0 Å². The topological polar surface area (TPSA) is 120 Å². The number of hydrogen-bond acceptors (Lipinski definition) is 6. The van der Waals surface area contributed by atoms with Crippen LogP contribution in [0.3, 0.4) is 0 Å². The molecule has 5 atom stereocenters. The van der Waals surface area contributed by atoms with E-state index in [0.717, 1.165) is 75.0 Å². The predicted octanol–water partition coefficient (Wildman–Crippen LogP) is 6.92. The van der Waals surface area contributed by atoms with Crippen LogP contribution in [0.15, 0.2) is 48.7 Å². The van der Waals surface area contributed by atoms with Gasteiger partial charge < -0.3 is 30.2 Å². The van der Waals surface area contributed by atoms with Crippen LogP contribution in [-0.4, -0.2) is 76.0 Å². The Labute approximate surface area is 303 Å². The standard InChI is InChI=1S/C41H56N6O4/c1-25(2)27(5)39(48)47-21-9-13-36(47)38-42-24-34(44-38)30-17-14-28(15-18-30)10-7-11-29-16-19-31-23-33(43-32(31)22-29)35-12-8-20-46(35)40(49)37(26(3)4)45-41(50)51-6/h14-19,22,24-27,33,35-37,43H,7-13,20-21,23H2,1-6H3,(H,42,44)(H,45,50)/t27-,33?,35-,36?,37-/m0/s1. The second kappa shape index (κ2) is 15.9. The number of aryl methyl sites for hydroxylation is 2.